The van der Waals surface area contributed by atoms with Crippen LogP contribution in [0.5, 0.6) is 0 Å². The maximum Gasteiger partial charge on any atom is 0.244 e. The van der Waals surface area contributed by atoms with Gasteiger partial charge in [0.05, 0.1) is 16.6 Å². The Morgan fingerprint density at radius 2 is 1.88 bits per heavy atom. The van der Waals surface area contributed by atoms with Crippen molar-refractivity contribution >= 4 is 33.2 Å². The number of piperazine rings is 1. The van der Waals surface area contributed by atoms with Gasteiger partial charge >= 0.3 is 0 Å². The van der Waals surface area contributed by atoms with Gasteiger partial charge in [-0.15, -0.1) is 10.2 Å². The van der Waals surface area contributed by atoms with Crippen molar-refractivity contribution < 1.29 is 12.8 Å². The molecule has 1 aromatic carbocycles. The maximum absolute atomic E-state index is 12.8. The summed E-state index contributed by atoms with van der Waals surface area (Å²) in [5, 5.41) is 8.02. The number of hydrogen-bond donors (Lipinski definition) is 0. The van der Waals surface area contributed by atoms with Crippen molar-refractivity contribution in [1.82, 2.24) is 19.4 Å². The Bertz CT molecular complexity index is 832. The van der Waals surface area contributed by atoms with Crippen LogP contribution in [-0.2, 0) is 16.6 Å². The molecule has 3 rings (SSSR count). The Kier molecular flexibility index (Phi) is 5.12. The molecule has 0 saturated carbocycles. The van der Waals surface area contributed by atoms with Crippen molar-refractivity contribution in [3.63, 3.8) is 0 Å². The van der Waals surface area contributed by atoms with Crippen molar-refractivity contribution in [2.45, 2.75) is 18.4 Å². The van der Waals surface area contributed by atoms with E-state index in [0.29, 0.717) is 44.5 Å². The predicted molar refractivity (Wildman–Crippen MR) is 89.5 cm³/mol. The summed E-state index contributed by atoms with van der Waals surface area (Å²) in [6, 6.07) is 4.61. The lowest BCUT2D eigenvalue weighted by molar-refractivity contribution is 0.167. The van der Waals surface area contributed by atoms with Crippen molar-refractivity contribution in [1.29, 1.82) is 0 Å². The molecule has 24 heavy (non-hydrogen) atoms. The van der Waals surface area contributed by atoms with Crippen molar-refractivity contribution in [3.8, 4) is 0 Å². The van der Waals surface area contributed by atoms with Gasteiger partial charge in [0.2, 0.25) is 21.8 Å². The first-order valence-electron chi connectivity index (χ1n) is 7.33. The minimum absolute atomic E-state index is 0.0395. The van der Waals surface area contributed by atoms with Crippen LogP contribution in [0.3, 0.4) is 0 Å². The molecule has 0 atom stereocenters. The summed E-state index contributed by atoms with van der Waals surface area (Å²) in [5.41, 5.74) is 0. The summed E-state index contributed by atoms with van der Waals surface area (Å²) in [6.07, 6.45) is 0. The molecule has 7 nitrogen and oxygen atoms in total. The van der Waals surface area contributed by atoms with E-state index in [0.717, 1.165) is 0 Å². The first-order chi connectivity index (χ1) is 11.4. The molecule has 0 amide bonds. The van der Waals surface area contributed by atoms with E-state index in [4.69, 9.17) is 27.6 Å². The van der Waals surface area contributed by atoms with E-state index in [1.54, 1.807) is 19.1 Å². The molecular formula is C14H16Cl2N4O3S. The standard InChI is InChI=1S/C14H16Cl2N4O3S/c1-10-17-18-13(23-10)9-19-5-7-20(8-6-19)24(21,22)12-4-2-3-11(15)14(12)16/h2-4H,5-9H2,1H3. The summed E-state index contributed by atoms with van der Waals surface area (Å²) in [5.74, 6) is 1.04. The van der Waals surface area contributed by atoms with Gasteiger partial charge in [0.25, 0.3) is 0 Å². The van der Waals surface area contributed by atoms with Crippen LogP contribution in [0, 0.1) is 6.92 Å². The highest BCUT2D eigenvalue weighted by Crippen LogP contribution is 2.31. The van der Waals surface area contributed by atoms with E-state index < -0.39 is 10.0 Å². The third-order valence-electron chi connectivity index (χ3n) is 3.79. The number of benzene rings is 1. The average molecular weight is 391 g/mol. The highest BCUT2D eigenvalue weighted by Gasteiger charge is 2.31. The van der Waals surface area contributed by atoms with Gasteiger partial charge in [-0.2, -0.15) is 4.31 Å². The summed E-state index contributed by atoms with van der Waals surface area (Å²) >= 11 is 12.0. The molecule has 0 N–H and O–H groups in total. The van der Waals surface area contributed by atoms with Gasteiger partial charge < -0.3 is 4.42 Å². The van der Waals surface area contributed by atoms with Crippen LogP contribution >= 0.6 is 23.2 Å². The van der Waals surface area contributed by atoms with E-state index >= 15 is 0 Å². The lowest BCUT2D eigenvalue weighted by Crippen LogP contribution is -2.48. The van der Waals surface area contributed by atoms with E-state index in [1.807, 2.05) is 0 Å². The zero-order valence-corrected chi connectivity index (χ0v) is 15.3. The number of hydrogen-bond acceptors (Lipinski definition) is 6. The maximum atomic E-state index is 12.8. The van der Waals surface area contributed by atoms with E-state index in [2.05, 4.69) is 15.1 Å². The molecule has 0 unspecified atom stereocenters. The van der Waals surface area contributed by atoms with Gasteiger partial charge in [0.1, 0.15) is 4.90 Å². The van der Waals surface area contributed by atoms with Gasteiger partial charge in [0.15, 0.2) is 0 Å². The summed E-state index contributed by atoms with van der Waals surface area (Å²) in [4.78, 5) is 2.11. The molecular weight excluding hydrogens is 375 g/mol. The van der Waals surface area contributed by atoms with Crippen LogP contribution in [0.15, 0.2) is 27.5 Å². The van der Waals surface area contributed by atoms with Crippen LogP contribution in [0.25, 0.3) is 0 Å². The quantitative estimate of drug-likeness (QED) is 0.795. The third kappa shape index (κ3) is 3.57. The van der Waals surface area contributed by atoms with Gasteiger partial charge in [-0.25, -0.2) is 8.42 Å². The Hall–Kier alpha value is -1.19. The molecule has 130 valence electrons. The largest absolute Gasteiger partial charge is 0.424 e. The Morgan fingerprint density at radius 1 is 1.17 bits per heavy atom. The smallest absolute Gasteiger partial charge is 0.244 e. The molecule has 2 aromatic rings. The lowest BCUT2D eigenvalue weighted by atomic mass is 10.3. The number of nitrogens with zero attached hydrogens (tertiary/aromatic N) is 4. The van der Waals surface area contributed by atoms with E-state index in [1.165, 1.54) is 10.4 Å². The molecule has 1 saturated heterocycles. The van der Waals surface area contributed by atoms with Crippen LogP contribution < -0.4 is 0 Å². The van der Waals surface area contributed by atoms with Gasteiger partial charge in [0, 0.05) is 33.1 Å². The fourth-order valence-electron chi connectivity index (χ4n) is 2.54. The molecule has 2 heterocycles. The fourth-order valence-corrected chi connectivity index (χ4v) is 4.70. The minimum atomic E-state index is -3.67. The van der Waals surface area contributed by atoms with Gasteiger partial charge in [-0.05, 0) is 12.1 Å². The van der Waals surface area contributed by atoms with Crippen molar-refractivity contribution in [3.05, 3.63) is 40.0 Å². The van der Waals surface area contributed by atoms with Crippen LogP contribution in [0.4, 0.5) is 0 Å². The number of halogens is 2. The van der Waals surface area contributed by atoms with Gasteiger partial charge in [-0.3, -0.25) is 4.90 Å². The van der Waals surface area contributed by atoms with Gasteiger partial charge in [-0.1, -0.05) is 29.3 Å². The van der Waals surface area contributed by atoms with E-state index in [-0.39, 0.29) is 14.9 Å². The second-order valence-corrected chi connectivity index (χ2v) is 8.14. The number of rotatable bonds is 4. The lowest BCUT2D eigenvalue weighted by Gasteiger charge is -2.33. The minimum Gasteiger partial charge on any atom is -0.424 e. The summed E-state index contributed by atoms with van der Waals surface area (Å²) in [6.45, 7) is 4.09. The fraction of sp³-hybridized carbons (Fsp3) is 0.429. The van der Waals surface area contributed by atoms with Crippen LogP contribution in [0.1, 0.15) is 11.8 Å². The zero-order chi connectivity index (χ0) is 17.3. The molecule has 0 radical (unpaired) electrons. The molecule has 1 aliphatic rings. The monoisotopic (exact) mass is 390 g/mol. The highest BCUT2D eigenvalue weighted by molar-refractivity contribution is 7.89. The zero-order valence-electron chi connectivity index (χ0n) is 12.9. The summed E-state index contributed by atoms with van der Waals surface area (Å²) < 4.78 is 32.3. The predicted octanol–water partition coefficient (Wildman–Crippen LogP) is 2.19. The topological polar surface area (TPSA) is 79.5 Å². The molecule has 0 aliphatic carbocycles. The average Bonchev–Trinajstić information content (AvgIpc) is 2.95. The molecule has 1 aromatic heterocycles. The van der Waals surface area contributed by atoms with Crippen molar-refractivity contribution in [2.24, 2.45) is 0 Å². The summed E-state index contributed by atoms with van der Waals surface area (Å²) in [7, 11) is -3.67. The second-order valence-electron chi connectivity index (χ2n) is 5.45. The first-order valence-corrected chi connectivity index (χ1v) is 9.53. The van der Waals surface area contributed by atoms with Crippen molar-refractivity contribution in [2.75, 3.05) is 26.2 Å². The third-order valence-corrected chi connectivity index (χ3v) is 6.66. The van der Waals surface area contributed by atoms with E-state index in [9.17, 15) is 8.42 Å². The number of aromatic nitrogens is 2. The molecule has 1 fully saturated rings. The van der Waals surface area contributed by atoms with Crippen LogP contribution in [-0.4, -0.2) is 54.0 Å². The Labute approximate surface area is 150 Å². The molecule has 0 bridgehead atoms. The molecule has 0 spiro atoms. The first kappa shape index (κ1) is 17.6. The SMILES string of the molecule is Cc1nnc(CN2CCN(S(=O)(=O)c3cccc(Cl)c3Cl)CC2)o1. The Morgan fingerprint density at radius 3 is 2.50 bits per heavy atom. The normalized spacial score (nSPS) is 17.3. The second kappa shape index (κ2) is 6.97. The number of sulfonamides is 1. The molecule has 10 heteroatoms. The Balaban J connectivity index is 1.68. The molecule has 1 aliphatic heterocycles. The number of aryl methyl sites for hydroxylation is 1. The van der Waals surface area contributed by atoms with Crippen LogP contribution in [0.2, 0.25) is 10.0 Å². The highest BCUT2D eigenvalue weighted by atomic mass is 35.5.